The van der Waals surface area contributed by atoms with Crippen molar-refractivity contribution < 1.29 is 41.3 Å². The molecule has 2 heterocycles. The topological polar surface area (TPSA) is 0 Å². The Kier molecular flexibility index (Phi) is 7.93. The first-order chi connectivity index (χ1) is 14.4. The van der Waals surface area contributed by atoms with Gasteiger partial charge in [-0.3, -0.25) is 0 Å². The molecule has 0 spiro atoms. The van der Waals surface area contributed by atoms with Crippen LogP contribution in [-0.4, -0.2) is 17.2 Å². The molecular formula is C27H24Cl2NiP2+2. The maximum absolute atomic E-state index is 2.41. The third-order valence-corrected chi connectivity index (χ3v) is 19.1. The molecule has 32 heavy (non-hydrogen) atoms. The van der Waals surface area contributed by atoms with Gasteiger partial charge in [0.2, 0.25) is 5.40 Å². The smallest absolute Gasteiger partial charge is 1.00 e. The van der Waals surface area contributed by atoms with Gasteiger partial charge in [-0.15, -0.1) is 0 Å². The Hall–Kier alpha value is -1.19. The molecule has 2 saturated heterocycles. The summed E-state index contributed by atoms with van der Waals surface area (Å²) in [6.45, 7) is 0. The fraction of sp³-hybridized carbons (Fsp3) is 0.111. The van der Waals surface area contributed by atoms with E-state index in [9.17, 15) is 0 Å². The zero-order chi connectivity index (χ0) is 19.3. The molecule has 164 valence electrons. The monoisotopic (exact) mass is 538 g/mol. The fourth-order valence-electron chi connectivity index (χ4n) is 5.72. The van der Waals surface area contributed by atoms with Crippen molar-refractivity contribution in [3.8, 4) is 0 Å². The number of fused-ring (bicyclic) bond motifs is 1. The van der Waals surface area contributed by atoms with Crippen LogP contribution in [0.5, 0.6) is 0 Å². The van der Waals surface area contributed by atoms with Gasteiger partial charge in [-0.2, -0.15) is 0 Å². The van der Waals surface area contributed by atoms with Crippen molar-refractivity contribution >= 4 is 35.7 Å². The molecule has 5 heteroatoms. The van der Waals surface area contributed by atoms with E-state index in [0.717, 1.165) is 11.1 Å². The Morgan fingerprint density at radius 2 is 0.781 bits per heavy atom. The van der Waals surface area contributed by atoms with Crippen LogP contribution in [0.1, 0.15) is 0 Å². The minimum atomic E-state index is -1.39. The average Bonchev–Trinajstić information content (AvgIpc) is 3.38. The standard InChI is InChI=1S/C27H24P2.2ClH.Ni/c1-5-13-22(14-6-1)28(23-15-7-2-8-16-23)21-26-27(28)29(26,24-17-9-3-10-18-24)25-19-11-4-12-20-25;;;/h1-20,26-27H,21H2;2*1H;/q+2;;;+2/p-2. The Labute approximate surface area is 214 Å². The van der Waals surface area contributed by atoms with Gasteiger partial charge in [0, 0.05) is 0 Å². The Balaban J connectivity index is 0.000000963. The molecule has 6 rings (SSSR count). The normalized spacial score (nSPS) is 20.8. The van der Waals surface area contributed by atoms with Crippen molar-refractivity contribution in [3.63, 3.8) is 0 Å². The van der Waals surface area contributed by atoms with Crippen LogP contribution < -0.4 is 46.0 Å². The summed E-state index contributed by atoms with van der Waals surface area (Å²) >= 11 is 0. The van der Waals surface area contributed by atoms with E-state index >= 15 is 0 Å². The molecule has 2 aliphatic rings. The van der Waals surface area contributed by atoms with E-state index in [2.05, 4.69) is 121 Å². The van der Waals surface area contributed by atoms with Gasteiger partial charge in [0.15, 0.2) is 5.66 Å². The molecule has 0 bridgehead atoms. The van der Waals surface area contributed by atoms with E-state index in [-0.39, 0.29) is 41.3 Å². The van der Waals surface area contributed by atoms with Gasteiger partial charge in [0.1, 0.15) is 41.9 Å². The minimum Gasteiger partial charge on any atom is -1.00 e. The van der Waals surface area contributed by atoms with Crippen LogP contribution in [0.3, 0.4) is 0 Å². The van der Waals surface area contributed by atoms with E-state index in [0.29, 0.717) is 0 Å². The zero-order valence-electron chi connectivity index (χ0n) is 17.4. The molecule has 0 N–H and O–H groups in total. The quantitative estimate of drug-likeness (QED) is 0.232. The maximum Gasteiger partial charge on any atom is 2.00 e. The predicted molar refractivity (Wildman–Crippen MR) is 131 cm³/mol. The van der Waals surface area contributed by atoms with Crippen LogP contribution in [0.2, 0.25) is 0 Å². The summed E-state index contributed by atoms with van der Waals surface area (Å²) in [7, 11) is -2.77. The summed E-state index contributed by atoms with van der Waals surface area (Å²) in [5, 5.41) is 7.22. The number of rotatable bonds is 4. The molecule has 2 aliphatic heterocycles. The third-order valence-electron chi connectivity index (χ3n) is 6.92. The van der Waals surface area contributed by atoms with E-state index in [4.69, 9.17) is 0 Å². The van der Waals surface area contributed by atoms with Gasteiger partial charge in [0.25, 0.3) is 0 Å². The second-order valence-corrected chi connectivity index (χ2v) is 16.1. The number of hydrogen-bond donors (Lipinski definition) is 0. The maximum atomic E-state index is 2.41. The SMILES string of the molecule is [Cl-].[Cl-].[Ni+2].c1ccc([P+]2(c3ccccc3)CC3C2[P+]3(c2ccccc2)c2ccccc2)cc1. The van der Waals surface area contributed by atoms with Crippen molar-refractivity contribution in [3.05, 3.63) is 121 Å². The molecule has 0 aliphatic carbocycles. The van der Waals surface area contributed by atoms with Gasteiger partial charge in [0.05, 0.1) is 0 Å². The van der Waals surface area contributed by atoms with E-state index in [1.165, 1.54) is 6.16 Å². The van der Waals surface area contributed by atoms with E-state index < -0.39 is 14.5 Å². The van der Waals surface area contributed by atoms with Crippen molar-refractivity contribution in [2.24, 2.45) is 0 Å². The molecule has 0 nitrogen and oxygen atoms in total. The van der Waals surface area contributed by atoms with Crippen molar-refractivity contribution in [1.82, 2.24) is 0 Å². The molecule has 0 saturated carbocycles. The number of hydrogen-bond acceptors (Lipinski definition) is 0. The van der Waals surface area contributed by atoms with Crippen LogP contribution in [0.4, 0.5) is 0 Å². The minimum absolute atomic E-state index is 0. The van der Waals surface area contributed by atoms with E-state index in [1.54, 1.807) is 21.2 Å². The van der Waals surface area contributed by atoms with Crippen molar-refractivity contribution in [2.75, 3.05) is 6.16 Å². The van der Waals surface area contributed by atoms with Crippen LogP contribution in [0.15, 0.2) is 121 Å². The number of halogens is 2. The van der Waals surface area contributed by atoms with Crippen LogP contribution >= 0.6 is 14.5 Å². The molecular weight excluding hydrogens is 516 g/mol. The first-order valence-electron chi connectivity index (χ1n) is 10.4. The van der Waals surface area contributed by atoms with E-state index in [1.807, 2.05) is 0 Å². The summed E-state index contributed by atoms with van der Waals surface area (Å²) in [6.07, 6.45) is 1.36. The Bertz CT molecular complexity index is 979. The summed E-state index contributed by atoms with van der Waals surface area (Å²) < 4.78 is 0. The molecule has 0 radical (unpaired) electrons. The second kappa shape index (κ2) is 9.97. The van der Waals surface area contributed by atoms with Gasteiger partial charge < -0.3 is 24.8 Å². The van der Waals surface area contributed by atoms with Crippen LogP contribution in [0.25, 0.3) is 0 Å². The first kappa shape index (κ1) is 25.4. The van der Waals surface area contributed by atoms with Gasteiger partial charge in [-0.25, -0.2) is 0 Å². The molecule has 0 aromatic heterocycles. The van der Waals surface area contributed by atoms with Crippen LogP contribution in [-0.2, 0) is 16.5 Å². The molecule has 2 atom stereocenters. The summed E-state index contributed by atoms with van der Waals surface area (Å²) in [6, 6.07) is 45.8. The fourth-order valence-corrected chi connectivity index (χ4v) is 22.0. The predicted octanol–water partition coefficient (Wildman–Crippen LogP) is -0.949. The average molecular weight is 540 g/mol. The molecule has 2 fully saturated rings. The molecule has 2 unspecified atom stereocenters. The summed E-state index contributed by atoms with van der Waals surface area (Å²) in [4.78, 5) is 0. The zero-order valence-corrected chi connectivity index (χ0v) is 21.7. The number of benzene rings is 4. The van der Waals surface area contributed by atoms with Crippen LogP contribution in [0, 0.1) is 0 Å². The van der Waals surface area contributed by atoms with Gasteiger partial charge in [-0.1, -0.05) is 72.8 Å². The third kappa shape index (κ3) is 3.50. The summed E-state index contributed by atoms with van der Waals surface area (Å²) in [5.41, 5.74) is 0.848. The summed E-state index contributed by atoms with van der Waals surface area (Å²) in [5.74, 6) is 0. The first-order valence-corrected chi connectivity index (χ1v) is 14.3. The van der Waals surface area contributed by atoms with Gasteiger partial charge in [-0.05, 0) is 48.5 Å². The molecule has 0 amide bonds. The molecule has 4 aromatic carbocycles. The van der Waals surface area contributed by atoms with Crippen molar-refractivity contribution in [2.45, 2.75) is 11.1 Å². The Morgan fingerprint density at radius 3 is 1.12 bits per heavy atom. The Morgan fingerprint density at radius 1 is 0.469 bits per heavy atom. The van der Waals surface area contributed by atoms with Gasteiger partial charge >= 0.3 is 16.5 Å². The van der Waals surface area contributed by atoms with Crippen molar-refractivity contribution in [1.29, 1.82) is 0 Å². The largest absolute Gasteiger partial charge is 2.00 e. The molecule has 4 aromatic rings. The second-order valence-electron chi connectivity index (χ2n) is 8.15.